The number of hydrogen-bond donors (Lipinski definition) is 2. The molecule has 0 spiro atoms. The Bertz CT molecular complexity index is 1150. The zero-order valence-electron chi connectivity index (χ0n) is 17.5. The zero-order chi connectivity index (χ0) is 24.4. The lowest BCUT2D eigenvalue weighted by molar-refractivity contribution is -0.917. The van der Waals surface area contributed by atoms with Gasteiger partial charge < -0.3 is 10.2 Å². The average molecular weight is 487 g/mol. The number of carbonyl (C=O) groups is 1. The number of anilines is 1. The van der Waals surface area contributed by atoms with Gasteiger partial charge in [0.2, 0.25) is 10.0 Å². The molecule has 0 bridgehead atoms. The molecule has 0 radical (unpaired) electrons. The van der Waals surface area contributed by atoms with E-state index in [1.165, 1.54) is 30.3 Å². The molecule has 1 aliphatic heterocycles. The summed E-state index contributed by atoms with van der Waals surface area (Å²) < 4.78 is 66.6. The molecule has 2 N–H and O–H groups in total. The van der Waals surface area contributed by atoms with Gasteiger partial charge in [0.15, 0.2) is 6.04 Å². The number of alkyl halides is 3. The molecule has 1 aliphatic rings. The van der Waals surface area contributed by atoms with Crippen LogP contribution in [0, 0.1) is 10.1 Å². The van der Waals surface area contributed by atoms with Crippen molar-refractivity contribution in [2.75, 3.05) is 31.5 Å². The number of halogens is 3. The van der Waals surface area contributed by atoms with Crippen LogP contribution in [0.25, 0.3) is 0 Å². The number of quaternary nitrogens is 1. The van der Waals surface area contributed by atoms with Gasteiger partial charge in [0.05, 0.1) is 41.6 Å². The second-order valence-corrected chi connectivity index (χ2v) is 9.48. The van der Waals surface area contributed by atoms with Gasteiger partial charge in [0, 0.05) is 17.8 Å². The highest BCUT2D eigenvalue weighted by atomic mass is 32.2. The number of benzene rings is 2. The molecule has 0 aromatic heterocycles. The van der Waals surface area contributed by atoms with Crippen LogP contribution in [0.3, 0.4) is 0 Å². The van der Waals surface area contributed by atoms with Gasteiger partial charge >= 0.3 is 6.18 Å². The minimum absolute atomic E-state index is 0.0573. The van der Waals surface area contributed by atoms with E-state index in [-0.39, 0.29) is 37.6 Å². The second-order valence-electron chi connectivity index (χ2n) is 7.57. The normalized spacial score (nSPS) is 16.8. The fraction of sp³-hybridized carbons (Fsp3) is 0.350. The molecule has 2 aromatic carbocycles. The van der Waals surface area contributed by atoms with Crippen molar-refractivity contribution in [2.45, 2.75) is 24.0 Å². The van der Waals surface area contributed by atoms with Gasteiger partial charge in [0.25, 0.3) is 11.6 Å². The maximum absolute atomic E-state index is 13.3. The first kappa shape index (κ1) is 24.6. The number of carbonyl (C=O) groups excluding carboxylic acids is 1. The maximum Gasteiger partial charge on any atom is 0.417 e. The Balaban J connectivity index is 1.66. The van der Waals surface area contributed by atoms with Gasteiger partial charge in [-0.05, 0) is 25.1 Å². The van der Waals surface area contributed by atoms with Crippen LogP contribution in [-0.4, -0.2) is 55.8 Å². The number of non-ortho nitro benzene ring substituents is 1. The highest BCUT2D eigenvalue weighted by Crippen LogP contribution is 2.35. The second kappa shape index (κ2) is 9.45. The third kappa shape index (κ3) is 5.49. The van der Waals surface area contributed by atoms with Crippen LogP contribution in [0.15, 0.2) is 53.4 Å². The molecule has 1 fully saturated rings. The smallest absolute Gasteiger partial charge is 0.323 e. The highest BCUT2D eigenvalue weighted by molar-refractivity contribution is 7.89. The largest absolute Gasteiger partial charge is 0.417 e. The van der Waals surface area contributed by atoms with Crippen molar-refractivity contribution in [1.29, 1.82) is 0 Å². The lowest BCUT2D eigenvalue weighted by Crippen LogP contribution is -3.19. The van der Waals surface area contributed by atoms with Gasteiger partial charge in [-0.25, -0.2) is 8.42 Å². The lowest BCUT2D eigenvalue weighted by atomic mass is 10.2. The molecule has 0 aliphatic carbocycles. The SMILES string of the molecule is C[C@@H](C(=O)Nc1cccc([N+](=O)[O-])c1)[NH+]1CCN(S(=O)(=O)c2ccccc2C(F)(F)F)CC1. The third-order valence-electron chi connectivity index (χ3n) is 5.51. The van der Waals surface area contributed by atoms with E-state index in [9.17, 15) is 36.5 Å². The van der Waals surface area contributed by atoms with Crippen LogP contribution >= 0.6 is 0 Å². The van der Waals surface area contributed by atoms with E-state index in [1.807, 2.05) is 0 Å². The Kier molecular flexibility index (Phi) is 7.05. The van der Waals surface area contributed by atoms with Crippen LogP contribution < -0.4 is 10.2 Å². The predicted molar refractivity (Wildman–Crippen MR) is 112 cm³/mol. The molecule has 1 heterocycles. The number of hydrogen-bond acceptors (Lipinski definition) is 5. The number of amides is 1. The quantitative estimate of drug-likeness (QED) is 0.474. The summed E-state index contributed by atoms with van der Waals surface area (Å²) in [6.07, 6.45) is -4.81. The van der Waals surface area contributed by atoms with Gasteiger partial charge in [0.1, 0.15) is 0 Å². The first-order valence-corrected chi connectivity index (χ1v) is 11.4. The van der Waals surface area contributed by atoms with E-state index in [1.54, 1.807) is 6.92 Å². The summed E-state index contributed by atoms with van der Waals surface area (Å²) in [6.45, 7) is 1.93. The molecular weight excluding hydrogens is 465 g/mol. The molecule has 0 saturated carbocycles. The molecule has 0 unspecified atom stereocenters. The molecule has 3 rings (SSSR count). The van der Waals surface area contributed by atoms with Gasteiger partial charge in [-0.2, -0.15) is 17.5 Å². The van der Waals surface area contributed by atoms with Crippen LogP contribution in [0.2, 0.25) is 0 Å². The van der Waals surface area contributed by atoms with Crippen molar-refractivity contribution >= 4 is 27.3 Å². The number of nitro benzene ring substituents is 1. The number of nitro groups is 1. The summed E-state index contributed by atoms with van der Waals surface area (Å²) in [5, 5.41) is 13.5. The van der Waals surface area contributed by atoms with Crippen LogP contribution in [-0.2, 0) is 21.0 Å². The first-order chi connectivity index (χ1) is 15.4. The predicted octanol–water partition coefficient (Wildman–Crippen LogP) is 1.53. The van der Waals surface area contributed by atoms with Crippen molar-refractivity contribution in [3.8, 4) is 0 Å². The fourth-order valence-electron chi connectivity index (χ4n) is 3.64. The summed E-state index contributed by atoms with van der Waals surface area (Å²) in [5.74, 6) is -0.413. The van der Waals surface area contributed by atoms with E-state index in [0.29, 0.717) is 0 Å². The zero-order valence-corrected chi connectivity index (χ0v) is 18.3. The molecule has 2 aromatic rings. The van der Waals surface area contributed by atoms with Gasteiger partial charge in [-0.1, -0.05) is 18.2 Å². The summed E-state index contributed by atoms with van der Waals surface area (Å²) in [5.41, 5.74) is -1.14. The van der Waals surface area contributed by atoms with Crippen LogP contribution in [0.4, 0.5) is 24.5 Å². The molecule has 178 valence electrons. The van der Waals surface area contributed by atoms with Crippen molar-refractivity contribution in [3.05, 3.63) is 64.2 Å². The van der Waals surface area contributed by atoms with E-state index in [2.05, 4.69) is 5.32 Å². The molecule has 9 nitrogen and oxygen atoms in total. The van der Waals surface area contributed by atoms with E-state index in [0.717, 1.165) is 27.4 Å². The number of nitrogens with one attached hydrogen (secondary N) is 2. The number of piperazine rings is 1. The highest BCUT2D eigenvalue weighted by Gasteiger charge is 2.40. The van der Waals surface area contributed by atoms with Crippen LogP contribution in [0.1, 0.15) is 12.5 Å². The minimum atomic E-state index is -4.81. The maximum atomic E-state index is 13.3. The average Bonchev–Trinajstić information content (AvgIpc) is 2.78. The summed E-state index contributed by atoms with van der Waals surface area (Å²) in [7, 11) is -4.37. The number of rotatable bonds is 6. The fourth-order valence-corrected chi connectivity index (χ4v) is 5.30. The van der Waals surface area contributed by atoms with Crippen molar-refractivity contribution < 1.29 is 36.2 Å². The Morgan fingerprint density at radius 2 is 1.79 bits per heavy atom. The van der Waals surface area contributed by atoms with Crippen molar-refractivity contribution in [3.63, 3.8) is 0 Å². The standard InChI is InChI=1S/C20H21F3N4O5S/c1-14(19(28)24-15-5-4-6-16(13-15)27(29)30)25-9-11-26(12-10-25)33(31,32)18-8-3-2-7-17(18)20(21,22)23/h2-8,13-14H,9-12H2,1H3,(H,24,28)/p+1/t14-/m0/s1. The van der Waals surface area contributed by atoms with E-state index < -0.39 is 43.5 Å². The van der Waals surface area contributed by atoms with Gasteiger partial charge in [-0.15, -0.1) is 0 Å². The minimum Gasteiger partial charge on any atom is -0.323 e. The molecule has 13 heteroatoms. The molecular formula is C20H22F3N4O5S+. The topological polar surface area (TPSA) is 114 Å². The monoisotopic (exact) mass is 487 g/mol. The van der Waals surface area contributed by atoms with Crippen molar-refractivity contribution in [1.82, 2.24) is 4.31 Å². The van der Waals surface area contributed by atoms with Crippen LogP contribution in [0.5, 0.6) is 0 Å². The summed E-state index contributed by atoms with van der Waals surface area (Å²) in [6, 6.07) is 8.89. The van der Waals surface area contributed by atoms with Crippen molar-refractivity contribution in [2.24, 2.45) is 0 Å². The van der Waals surface area contributed by atoms with Gasteiger partial charge in [-0.3, -0.25) is 14.9 Å². The third-order valence-corrected chi connectivity index (χ3v) is 7.46. The number of sulfonamides is 1. The van der Waals surface area contributed by atoms with E-state index in [4.69, 9.17) is 0 Å². The number of nitrogens with zero attached hydrogens (tertiary/aromatic N) is 2. The van der Waals surface area contributed by atoms with E-state index >= 15 is 0 Å². The molecule has 33 heavy (non-hydrogen) atoms. The Hall–Kier alpha value is -3.03. The first-order valence-electron chi connectivity index (χ1n) is 9.97. The summed E-state index contributed by atoms with van der Waals surface area (Å²) >= 11 is 0. The molecule has 1 atom stereocenters. The molecule has 1 saturated heterocycles. The Morgan fingerprint density at radius 1 is 1.15 bits per heavy atom. The molecule has 1 amide bonds. The Labute approximate surface area is 188 Å². The lowest BCUT2D eigenvalue weighted by Gasteiger charge is -2.34. The summed E-state index contributed by atoms with van der Waals surface area (Å²) in [4.78, 5) is 22.8. The Morgan fingerprint density at radius 3 is 2.39 bits per heavy atom.